The monoisotopic (exact) mass is 695 g/mol. The van der Waals surface area contributed by atoms with E-state index < -0.39 is 17.8 Å². The van der Waals surface area contributed by atoms with Crippen LogP contribution in [0.1, 0.15) is 69.5 Å². The maximum absolute atomic E-state index is 13.5. The molecule has 49 heavy (non-hydrogen) atoms. The SMILES string of the molecule is COC(=O)c1c(NC(=O)CSc2cccc(NC(=O)/C(=C/c3ccc(C)cc3)NC(=O)c3ccccc3)c2)sc2c1CCC(C(C)(C)C)C2. The van der Waals surface area contributed by atoms with Crippen molar-refractivity contribution >= 4 is 63.6 Å². The van der Waals surface area contributed by atoms with Gasteiger partial charge in [-0.3, -0.25) is 14.4 Å². The molecule has 1 aliphatic rings. The standard InChI is InChI=1S/C39H41N3O5S2/c1-24-14-16-25(17-15-24)20-31(41-35(44)26-10-7-6-8-11-26)36(45)40-28-12-9-13-29(22-28)48-23-33(43)42-37-34(38(46)47-5)30-19-18-27(39(2,3)4)21-32(30)49-37/h6-17,20,22,27H,18-19,21,23H2,1-5H3,(H,40,45)(H,41,44)(H,42,43)/b31-20-. The van der Waals surface area contributed by atoms with Gasteiger partial charge in [-0.1, -0.05) is 74.9 Å². The molecular formula is C39H41N3O5S2. The summed E-state index contributed by atoms with van der Waals surface area (Å²) >= 11 is 2.78. The average Bonchev–Trinajstić information content (AvgIpc) is 3.44. The Morgan fingerprint density at radius 1 is 0.959 bits per heavy atom. The van der Waals surface area contributed by atoms with Crippen LogP contribution in [0.2, 0.25) is 0 Å². The number of fused-ring (bicyclic) bond motifs is 1. The molecule has 0 spiro atoms. The van der Waals surface area contributed by atoms with Gasteiger partial charge in [-0.15, -0.1) is 23.1 Å². The lowest BCUT2D eigenvalue weighted by molar-refractivity contribution is -0.114. The summed E-state index contributed by atoms with van der Waals surface area (Å²) in [4.78, 5) is 54.3. The van der Waals surface area contributed by atoms with Gasteiger partial charge in [0.1, 0.15) is 10.7 Å². The second-order valence-electron chi connectivity index (χ2n) is 13.1. The van der Waals surface area contributed by atoms with Crippen molar-refractivity contribution in [1.82, 2.24) is 5.32 Å². The number of thiophene rings is 1. The molecule has 0 bridgehead atoms. The number of nitrogens with one attached hydrogen (secondary N) is 3. The number of amides is 3. The fourth-order valence-electron chi connectivity index (χ4n) is 5.68. The van der Waals surface area contributed by atoms with Gasteiger partial charge in [0, 0.05) is 21.0 Å². The maximum Gasteiger partial charge on any atom is 0.341 e. The van der Waals surface area contributed by atoms with Crippen LogP contribution in [-0.4, -0.2) is 36.6 Å². The molecule has 0 aliphatic heterocycles. The van der Waals surface area contributed by atoms with E-state index in [0.717, 1.165) is 45.7 Å². The Morgan fingerprint density at radius 2 is 1.69 bits per heavy atom. The largest absolute Gasteiger partial charge is 0.465 e. The van der Waals surface area contributed by atoms with Crippen molar-refractivity contribution in [2.45, 2.75) is 51.9 Å². The van der Waals surface area contributed by atoms with E-state index in [1.807, 2.05) is 43.3 Å². The summed E-state index contributed by atoms with van der Waals surface area (Å²) in [6.07, 6.45) is 4.26. The molecule has 10 heteroatoms. The molecule has 3 aromatic carbocycles. The van der Waals surface area contributed by atoms with Gasteiger partial charge >= 0.3 is 5.97 Å². The summed E-state index contributed by atoms with van der Waals surface area (Å²) in [7, 11) is 1.36. The first kappa shape index (κ1) is 35.6. The fourth-order valence-corrected chi connectivity index (χ4v) is 7.76. The maximum atomic E-state index is 13.5. The molecule has 3 N–H and O–H groups in total. The van der Waals surface area contributed by atoms with E-state index in [-0.39, 0.29) is 22.8 Å². The van der Waals surface area contributed by atoms with E-state index in [0.29, 0.717) is 27.7 Å². The van der Waals surface area contributed by atoms with E-state index in [4.69, 9.17) is 4.74 Å². The van der Waals surface area contributed by atoms with Crippen molar-refractivity contribution in [3.8, 4) is 0 Å². The summed E-state index contributed by atoms with van der Waals surface area (Å²) in [5.41, 5.74) is 4.46. The lowest BCUT2D eigenvalue weighted by Crippen LogP contribution is -2.30. The number of ether oxygens (including phenoxy) is 1. The highest BCUT2D eigenvalue weighted by atomic mass is 32.2. The molecule has 1 aromatic heterocycles. The van der Waals surface area contributed by atoms with Crippen molar-refractivity contribution in [3.05, 3.63) is 117 Å². The van der Waals surface area contributed by atoms with Crippen LogP contribution >= 0.6 is 23.1 Å². The number of hydrogen-bond acceptors (Lipinski definition) is 7. The highest BCUT2D eigenvalue weighted by Gasteiger charge is 2.34. The van der Waals surface area contributed by atoms with E-state index in [1.54, 1.807) is 48.5 Å². The van der Waals surface area contributed by atoms with Gasteiger partial charge in [0.05, 0.1) is 18.4 Å². The molecule has 5 rings (SSSR count). The average molecular weight is 696 g/mol. The third-order valence-corrected chi connectivity index (χ3v) is 10.7. The Morgan fingerprint density at radius 3 is 2.39 bits per heavy atom. The van der Waals surface area contributed by atoms with E-state index >= 15 is 0 Å². The van der Waals surface area contributed by atoms with Crippen molar-refractivity contribution in [1.29, 1.82) is 0 Å². The molecular weight excluding hydrogens is 655 g/mol. The van der Waals surface area contributed by atoms with Gasteiger partial charge in [-0.2, -0.15) is 0 Å². The van der Waals surface area contributed by atoms with Crippen molar-refractivity contribution < 1.29 is 23.9 Å². The number of esters is 1. The fraction of sp³-hybridized carbons (Fsp3) is 0.282. The summed E-state index contributed by atoms with van der Waals surface area (Å²) in [5.74, 6) is -0.991. The number of carbonyl (C=O) groups is 4. The molecule has 1 aliphatic carbocycles. The zero-order valence-electron chi connectivity index (χ0n) is 28.3. The number of carbonyl (C=O) groups excluding carboxylic acids is 4. The Balaban J connectivity index is 1.26. The van der Waals surface area contributed by atoms with E-state index in [1.165, 1.54) is 30.2 Å². The summed E-state index contributed by atoms with van der Waals surface area (Å²) < 4.78 is 5.10. The molecule has 1 unspecified atom stereocenters. The number of rotatable bonds is 10. The zero-order valence-corrected chi connectivity index (χ0v) is 30.0. The summed E-state index contributed by atoms with van der Waals surface area (Å²) in [6.45, 7) is 8.69. The van der Waals surface area contributed by atoms with Crippen LogP contribution in [-0.2, 0) is 27.2 Å². The Kier molecular flexibility index (Phi) is 11.4. The minimum atomic E-state index is -0.490. The number of aryl methyl sites for hydroxylation is 1. The molecule has 254 valence electrons. The predicted octanol–water partition coefficient (Wildman–Crippen LogP) is 8.13. The van der Waals surface area contributed by atoms with Crippen LogP contribution in [0.3, 0.4) is 0 Å². The highest BCUT2D eigenvalue weighted by Crippen LogP contribution is 2.44. The molecule has 8 nitrogen and oxygen atoms in total. The molecule has 0 fully saturated rings. The van der Waals surface area contributed by atoms with Crippen molar-refractivity contribution in [2.75, 3.05) is 23.5 Å². The third-order valence-electron chi connectivity index (χ3n) is 8.51. The Hall–Kier alpha value is -4.67. The van der Waals surface area contributed by atoms with Gasteiger partial charge in [-0.05, 0) is 85.1 Å². The second kappa shape index (κ2) is 15.7. The lowest BCUT2D eigenvalue weighted by Gasteiger charge is -2.33. The highest BCUT2D eigenvalue weighted by molar-refractivity contribution is 8.00. The van der Waals surface area contributed by atoms with Crippen molar-refractivity contribution in [3.63, 3.8) is 0 Å². The molecule has 1 heterocycles. The molecule has 3 amide bonds. The van der Waals surface area contributed by atoms with Crippen LogP contribution in [0.15, 0.2) is 89.5 Å². The smallest absolute Gasteiger partial charge is 0.341 e. The van der Waals surface area contributed by atoms with Gasteiger partial charge in [-0.25, -0.2) is 4.79 Å². The van der Waals surface area contributed by atoms with Gasteiger partial charge in [0.15, 0.2) is 0 Å². The molecule has 4 aromatic rings. The van der Waals surface area contributed by atoms with Gasteiger partial charge < -0.3 is 20.7 Å². The van der Waals surface area contributed by atoms with Crippen molar-refractivity contribution in [2.24, 2.45) is 11.3 Å². The van der Waals surface area contributed by atoms with Crippen LogP contribution < -0.4 is 16.0 Å². The van der Waals surface area contributed by atoms with Gasteiger partial charge in [0.2, 0.25) is 5.91 Å². The van der Waals surface area contributed by atoms with Gasteiger partial charge in [0.25, 0.3) is 11.8 Å². The van der Waals surface area contributed by atoms with E-state index in [2.05, 4.69) is 36.7 Å². The minimum absolute atomic E-state index is 0.0871. The normalized spacial score (nSPS) is 14.4. The first-order valence-electron chi connectivity index (χ1n) is 16.1. The number of anilines is 2. The summed E-state index contributed by atoms with van der Waals surface area (Å²) in [6, 6.07) is 23.5. The first-order valence-corrected chi connectivity index (χ1v) is 17.9. The third kappa shape index (κ3) is 9.28. The Labute approximate surface area is 295 Å². The van der Waals surface area contributed by atoms with E-state index in [9.17, 15) is 19.2 Å². The molecule has 0 radical (unpaired) electrons. The van der Waals surface area contributed by atoms with Crippen LogP contribution in [0.4, 0.5) is 10.7 Å². The molecule has 1 atom stereocenters. The molecule has 0 saturated heterocycles. The van der Waals surface area contributed by atoms with Crippen LogP contribution in [0.5, 0.6) is 0 Å². The first-order chi connectivity index (χ1) is 23.4. The number of thioether (sulfide) groups is 1. The second-order valence-corrected chi connectivity index (χ2v) is 15.3. The quantitative estimate of drug-likeness (QED) is 0.0877. The summed E-state index contributed by atoms with van der Waals surface area (Å²) in [5, 5.41) is 9.14. The number of benzene rings is 3. The molecule has 0 saturated carbocycles. The van der Waals surface area contributed by atoms with Crippen LogP contribution in [0.25, 0.3) is 6.08 Å². The predicted molar refractivity (Wildman–Crippen MR) is 198 cm³/mol. The number of methoxy groups -OCH3 is 1. The lowest BCUT2D eigenvalue weighted by atomic mass is 9.72. The number of hydrogen-bond donors (Lipinski definition) is 3. The topological polar surface area (TPSA) is 114 Å². The zero-order chi connectivity index (χ0) is 35.1. The minimum Gasteiger partial charge on any atom is -0.465 e. The van der Waals surface area contributed by atoms with Crippen LogP contribution in [0, 0.1) is 18.3 Å². The Bertz CT molecular complexity index is 1870.